The number of nitrogens with two attached hydrogens (primary N) is 1. The van der Waals surface area contributed by atoms with Gasteiger partial charge in [0.15, 0.2) is 6.61 Å². The molecule has 1 amide bonds. The molecule has 0 aliphatic carbocycles. The predicted octanol–water partition coefficient (Wildman–Crippen LogP) is 0.329. The monoisotopic (exact) mass is 263 g/mol. The first-order valence-electron chi connectivity index (χ1n) is 5.41. The van der Waals surface area contributed by atoms with Gasteiger partial charge in [-0.2, -0.15) is 5.26 Å². The van der Waals surface area contributed by atoms with Crippen molar-refractivity contribution in [3.05, 3.63) is 24.3 Å². The van der Waals surface area contributed by atoms with Crippen molar-refractivity contribution in [1.82, 2.24) is 0 Å². The number of nitrogens with one attached hydrogen (secondary N) is 1. The van der Waals surface area contributed by atoms with Gasteiger partial charge in [0.2, 0.25) is 5.91 Å². The third kappa shape index (κ3) is 5.06. The van der Waals surface area contributed by atoms with E-state index in [1.807, 2.05) is 6.07 Å². The molecule has 1 atom stereocenters. The Kier molecular flexibility index (Phi) is 5.32. The highest BCUT2D eigenvalue weighted by atomic mass is 16.5. The fraction of sp³-hybridized carbons (Fsp3) is 0.250. The molecule has 0 heterocycles. The maximum absolute atomic E-state index is 11.5. The quantitative estimate of drug-likeness (QED) is 0.679. The lowest BCUT2D eigenvalue weighted by atomic mass is 10.2. The Labute approximate surface area is 109 Å². The van der Waals surface area contributed by atoms with Gasteiger partial charge in [-0.25, -0.2) is 0 Å². The molecular weight excluding hydrogens is 250 g/mol. The lowest BCUT2D eigenvalue weighted by Crippen LogP contribution is -2.37. The summed E-state index contributed by atoms with van der Waals surface area (Å²) in [5.41, 5.74) is 5.88. The van der Waals surface area contributed by atoms with E-state index in [-0.39, 0.29) is 6.61 Å². The number of carbonyl (C=O) groups excluding carboxylic acids is 1. The summed E-state index contributed by atoms with van der Waals surface area (Å²) in [6.07, 6.45) is -0.435. The molecule has 19 heavy (non-hydrogen) atoms. The maximum Gasteiger partial charge on any atom is 0.305 e. The van der Waals surface area contributed by atoms with E-state index >= 15 is 0 Å². The molecule has 1 unspecified atom stereocenters. The normalized spacial score (nSPS) is 11.2. The molecule has 0 saturated carbocycles. The van der Waals surface area contributed by atoms with Crippen LogP contribution in [0.5, 0.6) is 5.75 Å². The molecule has 0 spiro atoms. The van der Waals surface area contributed by atoms with Crippen molar-refractivity contribution < 1.29 is 19.4 Å². The third-order valence-corrected chi connectivity index (χ3v) is 2.16. The Morgan fingerprint density at radius 2 is 2.05 bits per heavy atom. The Morgan fingerprint density at radius 1 is 1.42 bits per heavy atom. The van der Waals surface area contributed by atoms with Crippen LogP contribution in [0.15, 0.2) is 24.3 Å². The van der Waals surface area contributed by atoms with Crippen molar-refractivity contribution in [2.24, 2.45) is 5.73 Å². The number of nitrogens with zero attached hydrogens (tertiary/aromatic N) is 1. The molecule has 0 bridgehead atoms. The van der Waals surface area contributed by atoms with E-state index in [9.17, 15) is 9.59 Å². The zero-order valence-electron chi connectivity index (χ0n) is 10.00. The summed E-state index contributed by atoms with van der Waals surface area (Å²) >= 11 is 0. The number of nitriles is 1. The zero-order chi connectivity index (χ0) is 14.3. The van der Waals surface area contributed by atoms with Gasteiger partial charge in [0.05, 0.1) is 12.5 Å². The average Bonchev–Trinajstić information content (AvgIpc) is 2.37. The van der Waals surface area contributed by atoms with Gasteiger partial charge in [0.25, 0.3) is 0 Å². The van der Waals surface area contributed by atoms with Crippen LogP contribution in [-0.2, 0) is 9.59 Å². The summed E-state index contributed by atoms with van der Waals surface area (Å²) in [5.74, 6) is -1.22. The molecule has 0 saturated heterocycles. The molecule has 1 aromatic rings. The van der Waals surface area contributed by atoms with Crippen LogP contribution in [0.3, 0.4) is 0 Å². The van der Waals surface area contributed by atoms with E-state index in [2.05, 4.69) is 5.32 Å². The van der Waals surface area contributed by atoms with Crippen molar-refractivity contribution in [2.75, 3.05) is 11.9 Å². The minimum Gasteiger partial charge on any atom is -0.481 e. The van der Waals surface area contributed by atoms with Crippen molar-refractivity contribution in [3.63, 3.8) is 0 Å². The summed E-state index contributed by atoms with van der Waals surface area (Å²) in [7, 11) is 0. The van der Waals surface area contributed by atoms with Crippen molar-refractivity contribution >= 4 is 17.6 Å². The SMILES string of the molecule is N#CCOc1ccc(NC(=O)C(N)CC(=O)O)cc1. The summed E-state index contributed by atoms with van der Waals surface area (Å²) in [6.45, 7) is -0.0603. The largest absolute Gasteiger partial charge is 0.481 e. The number of aliphatic carboxylic acids is 1. The molecule has 4 N–H and O–H groups in total. The maximum atomic E-state index is 11.5. The van der Waals surface area contributed by atoms with Crippen LogP contribution in [0.4, 0.5) is 5.69 Å². The second-order valence-corrected chi connectivity index (χ2v) is 3.66. The van der Waals surface area contributed by atoms with Crippen LogP contribution in [0.2, 0.25) is 0 Å². The van der Waals surface area contributed by atoms with Crippen molar-refractivity contribution in [2.45, 2.75) is 12.5 Å². The molecule has 1 aromatic carbocycles. The van der Waals surface area contributed by atoms with Gasteiger partial charge in [-0.3, -0.25) is 9.59 Å². The number of ether oxygens (including phenoxy) is 1. The summed E-state index contributed by atoms with van der Waals surface area (Å²) < 4.78 is 5.04. The molecule has 7 heteroatoms. The molecule has 100 valence electrons. The second kappa shape index (κ2) is 6.98. The number of benzene rings is 1. The van der Waals surface area contributed by atoms with E-state index in [1.165, 1.54) is 0 Å². The van der Waals surface area contributed by atoms with Crippen LogP contribution in [0.25, 0.3) is 0 Å². The highest BCUT2D eigenvalue weighted by Crippen LogP contribution is 2.15. The van der Waals surface area contributed by atoms with Crippen molar-refractivity contribution in [1.29, 1.82) is 5.26 Å². The molecule has 0 aromatic heterocycles. The number of hydrogen-bond donors (Lipinski definition) is 3. The number of carboxylic acids is 1. The number of anilines is 1. The third-order valence-electron chi connectivity index (χ3n) is 2.16. The van der Waals surface area contributed by atoms with Gasteiger partial charge in [0, 0.05) is 5.69 Å². The van der Waals surface area contributed by atoms with E-state index in [4.69, 9.17) is 20.8 Å². The fourth-order valence-corrected chi connectivity index (χ4v) is 1.27. The Balaban J connectivity index is 2.55. The second-order valence-electron chi connectivity index (χ2n) is 3.66. The molecule has 0 fully saturated rings. The van der Waals surface area contributed by atoms with E-state index in [0.717, 1.165) is 0 Å². The lowest BCUT2D eigenvalue weighted by molar-refractivity contribution is -0.138. The number of hydrogen-bond acceptors (Lipinski definition) is 5. The highest BCUT2D eigenvalue weighted by molar-refractivity contribution is 5.96. The first-order chi connectivity index (χ1) is 9.02. The van der Waals surface area contributed by atoms with Gasteiger partial charge >= 0.3 is 5.97 Å². The topological polar surface area (TPSA) is 125 Å². The molecule has 0 aliphatic rings. The fourth-order valence-electron chi connectivity index (χ4n) is 1.27. The summed E-state index contributed by atoms with van der Waals surface area (Å²) in [4.78, 5) is 21.9. The first-order valence-corrected chi connectivity index (χ1v) is 5.41. The summed E-state index contributed by atoms with van der Waals surface area (Å²) in [6, 6.07) is 7.02. The van der Waals surface area contributed by atoms with Gasteiger partial charge in [-0.1, -0.05) is 0 Å². The van der Waals surface area contributed by atoms with Gasteiger partial charge in [0.1, 0.15) is 11.8 Å². The number of carbonyl (C=O) groups is 2. The lowest BCUT2D eigenvalue weighted by Gasteiger charge is -2.10. The number of rotatable bonds is 6. The van der Waals surface area contributed by atoms with E-state index in [0.29, 0.717) is 11.4 Å². The first kappa shape index (κ1) is 14.5. The predicted molar refractivity (Wildman–Crippen MR) is 66.4 cm³/mol. The highest BCUT2D eigenvalue weighted by Gasteiger charge is 2.16. The summed E-state index contributed by atoms with van der Waals surface area (Å²) in [5, 5.41) is 19.3. The standard InChI is InChI=1S/C12H13N3O4/c13-5-6-19-9-3-1-8(2-4-9)15-12(18)10(14)7-11(16)17/h1-4,10H,6-7,14H2,(H,15,18)(H,16,17). The van der Waals surface area contributed by atoms with Crippen molar-refractivity contribution in [3.8, 4) is 11.8 Å². The number of amides is 1. The number of carboxylic acid groups (broad SMARTS) is 1. The van der Waals surface area contributed by atoms with Gasteiger partial charge in [-0.05, 0) is 24.3 Å². The minimum absolute atomic E-state index is 0.0603. The minimum atomic E-state index is -1.14. The van der Waals surface area contributed by atoms with Crippen LogP contribution < -0.4 is 15.8 Å². The van der Waals surface area contributed by atoms with Gasteiger partial charge in [-0.15, -0.1) is 0 Å². The smallest absolute Gasteiger partial charge is 0.305 e. The molecule has 7 nitrogen and oxygen atoms in total. The molecule has 0 radical (unpaired) electrons. The molecular formula is C12H13N3O4. The van der Waals surface area contributed by atoms with Crippen LogP contribution in [-0.4, -0.2) is 29.6 Å². The van der Waals surface area contributed by atoms with E-state index < -0.39 is 24.3 Å². The van der Waals surface area contributed by atoms with Crippen LogP contribution in [0.1, 0.15) is 6.42 Å². The van der Waals surface area contributed by atoms with Crippen LogP contribution >= 0.6 is 0 Å². The average molecular weight is 263 g/mol. The Hall–Kier alpha value is -2.59. The Bertz CT molecular complexity index is 493. The van der Waals surface area contributed by atoms with Gasteiger partial charge < -0.3 is 20.9 Å². The van der Waals surface area contributed by atoms with E-state index in [1.54, 1.807) is 24.3 Å². The molecule has 1 rings (SSSR count). The van der Waals surface area contributed by atoms with Crippen LogP contribution in [0, 0.1) is 11.3 Å². The molecule has 0 aliphatic heterocycles. The zero-order valence-corrected chi connectivity index (χ0v) is 10.00. The Morgan fingerprint density at radius 3 is 2.58 bits per heavy atom.